The van der Waals surface area contributed by atoms with Gasteiger partial charge in [-0.25, -0.2) is 4.79 Å². The van der Waals surface area contributed by atoms with Crippen molar-refractivity contribution in [1.82, 2.24) is 4.90 Å². The number of likely N-dealkylation sites (tertiary alicyclic amines) is 1. The molecule has 0 atom stereocenters. The number of halogens is 1. The molecule has 0 unspecified atom stereocenters. The molecule has 1 aromatic carbocycles. The van der Waals surface area contributed by atoms with Crippen molar-refractivity contribution < 1.29 is 14.3 Å². The van der Waals surface area contributed by atoms with Crippen LogP contribution in [0.3, 0.4) is 0 Å². The first-order chi connectivity index (χ1) is 12.7. The van der Waals surface area contributed by atoms with E-state index in [1.165, 1.54) is 45.2 Å². The van der Waals surface area contributed by atoms with Gasteiger partial charge in [-0.15, -0.1) is 12.4 Å². The maximum Gasteiger partial charge on any atom is 0.341 e. The summed E-state index contributed by atoms with van der Waals surface area (Å²) in [7, 11) is 0. The Bertz CT molecular complexity index is 548. The third kappa shape index (κ3) is 8.85. The lowest BCUT2D eigenvalue weighted by molar-refractivity contribution is 0.0481. The van der Waals surface area contributed by atoms with E-state index in [0.717, 1.165) is 25.8 Å². The lowest BCUT2D eigenvalue weighted by atomic mass is 10.1. The van der Waals surface area contributed by atoms with Crippen molar-refractivity contribution in [3.8, 4) is 5.75 Å². The number of esters is 1. The van der Waals surface area contributed by atoms with Crippen LogP contribution in [0.2, 0.25) is 0 Å². The van der Waals surface area contributed by atoms with Crippen LogP contribution in [0.4, 0.5) is 5.69 Å². The largest absolute Gasteiger partial charge is 0.493 e. The van der Waals surface area contributed by atoms with E-state index in [2.05, 4.69) is 11.8 Å². The number of carbonyl (C=O) groups is 1. The maximum absolute atomic E-state index is 12.4. The topological polar surface area (TPSA) is 64.8 Å². The molecule has 1 aliphatic heterocycles. The minimum atomic E-state index is -0.327. The molecule has 1 fully saturated rings. The number of nitrogen functional groups attached to an aromatic ring is 1. The van der Waals surface area contributed by atoms with Crippen LogP contribution in [-0.4, -0.2) is 43.7 Å². The van der Waals surface area contributed by atoms with Gasteiger partial charge in [0.2, 0.25) is 0 Å². The van der Waals surface area contributed by atoms with Crippen molar-refractivity contribution in [3.63, 3.8) is 0 Å². The van der Waals surface area contributed by atoms with E-state index in [9.17, 15) is 4.79 Å². The Balaban J connectivity index is 0.00000364. The summed E-state index contributed by atoms with van der Waals surface area (Å²) in [6.45, 7) is 6.55. The van der Waals surface area contributed by atoms with Gasteiger partial charge < -0.3 is 20.1 Å². The van der Waals surface area contributed by atoms with Gasteiger partial charge in [0.15, 0.2) is 0 Å². The normalized spacial score (nSPS) is 14.4. The number of benzene rings is 1. The number of carbonyl (C=O) groups excluding carboxylic acids is 1. The van der Waals surface area contributed by atoms with Crippen LogP contribution in [0.1, 0.15) is 68.6 Å². The molecular weight excluding hydrogens is 364 g/mol. The molecular formula is C21H35ClN2O3. The minimum absolute atomic E-state index is 0. The first kappa shape index (κ1) is 23.6. The van der Waals surface area contributed by atoms with Gasteiger partial charge in [-0.05, 0) is 50.9 Å². The van der Waals surface area contributed by atoms with E-state index in [-0.39, 0.29) is 18.4 Å². The van der Waals surface area contributed by atoms with Crippen molar-refractivity contribution in [1.29, 1.82) is 0 Å². The first-order valence-corrected chi connectivity index (χ1v) is 10.1. The van der Waals surface area contributed by atoms with Crippen LogP contribution in [0, 0.1) is 0 Å². The summed E-state index contributed by atoms with van der Waals surface area (Å²) in [5, 5.41) is 0. The van der Waals surface area contributed by atoms with Gasteiger partial charge in [0.1, 0.15) is 11.3 Å². The molecule has 2 rings (SSSR count). The fourth-order valence-electron chi connectivity index (χ4n) is 3.25. The van der Waals surface area contributed by atoms with Gasteiger partial charge in [-0.1, -0.05) is 32.6 Å². The number of nitrogens with two attached hydrogens (primary N) is 1. The third-order valence-corrected chi connectivity index (χ3v) is 4.78. The number of hydrogen-bond donors (Lipinski definition) is 1. The molecule has 1 heterocycles. The van der Waals surface area contributed by atoms with Crippen molar-refractivity contribution in [2.24, 2.45) is 0 Å². The Morgan fingerprint density at radius 1 is 1.07 bits per heavy atom. The second-order valence-corrected chi connectivity index (χ2v) is 7.06. The number of hydrogen-bond acceptors (Lipinski definition) is 5. The molecule has 27 heavy (non-hydrogen) atoms. The molecule has 0 aliphatic carbocycles. The zero-order valence-electron chi connectivity index (χ0n) is 16.6. The van der Waals surface area contributed by atoms with E-state index in [0.29, 0.717) is 30.2 Å². The Hall–Kier alpha value is -1.46. The summed E-state index contributed by atoms with van der Waals surface area (Å²) in [5.41, 5.74) is 6.90. The highest BCUT2D eigenvalue weighted by Gasteiger charge is 2.15. The quantitative estimate of drug-likeness (QED) is 0.333. The molecule has 0 saturated carbocycles. The van der Waals surface area contributed by atoms with Crippen molar-refractivity contribution in [2.45, 2.75) is 58.3 Å². The fraction of sp³-hybridized carbons (Fsp3) is 0.667. The van der Waals surface area contributed by atoms with Crippen molar-refractivity contribution in [2.75, 3.05) is 38.6 Å². The van der Waals surface area contributed by atoms with Crippen molar-refractivity contribution >= 4 is 24.1 Å². The van der Waals surface area contributed by atoms with Crippen LogP contribution in [-0.2, 0) is 4.74 Å². The third-order valence-electron chi connectivity index (χ3n) is 4.78. The molecule has 0 aromatic heterocycles. The highest BCUT2D eigenvalue weighted by molar-refractivity contribution is 5.93. The predicted molar refractivity (Wildman–Crippen MR) is 113 cm³/mol. The van der Waals surface area contributed by atoms with E-state index >= 15 is 0 Å². The summed E-state index contributed by atoms with van der Waals surface area (Å²) in [6, 6.07) is 5.13. The zero-order chi connectivity index (χ0) is 18.6. The molecule has 0 spiro atoms. The fourth-order valence-corrected chi connectivity index (χ4v) is 3.25. The summed E-state index contributed by atoms with van der Waals surface area (Å²) in [5.74, 6) is 0.203. The molecule has 5 nitrogen and oxygen atoms in total. The van der Waals surface area contributed by atoms with Crippen LogP contribution in [0.5, 0.6) is 5.75 Å². The van der Waals surface area contributed by atoms with Gasteiger partial charge in [-0.3, -0.25) is 0 Å². The smallest absolute Gasteiger partial charge is 0.341 e. The number of rotatable bonds is 11. The van der Waals surface area contributed by atoms with E-state index in [1.54, 1.807) is 18.2 Å². The molecule has 6 heteroatoms. The molecule has 0 amide bonds. The van der Waals surface area contributed by atoms with Gasteiger partial charge >= 0.3 is 5.97 Å². The van der Waals surface area contributed by atoms with Crippen LogP contribution < -0.4 is 10.5 Å². The average Bonchev–Trinajstić information content (AvgIpc) is 2.66. The second kappa shape index (κ2) is 13.7. The molecule has 1 saturated heterocycles. The van der Waals surface area contributed by atoms with Gasteiger partial charge in [0.05, 0.1) is 13.2 Å². The first-order valence-electron chi connectivity index (χ1n) is 10.1. The number of piperidine rings is 1. The summed E-state index contributed by atoms with van der Waals surface area (Å²) in [4.78, 5) is 14.9. The molecule has 154 valence electrons. The molecule has 1 aromatic rings. The summed E-state index contributed by atoms with van der Waals surface area (Å²) in [6.07, 6.45) is 9.27. The number of anilines is 1. The molecule has 0 bridgehead atoms. The lowest BCUT2D eigenvalue weighted by Gasteiger charge is -2.26. The average molecular weight is 399 g/mol. The lowest BCUT2D eigenvalue weighted by Crippen LogP contribution is -2.31. The predicted octanol–water partition coefficient (Wildman–Crippen LogP) is 4.68. The standard InChI is InChI=1S/C21H34N2O3.ClH/c1-2-3-4-8-15-25-20-17-18(22)10-11-19(20)21(24)26-16-9-14-23-12-6-5-7-13-23;/h10-11,17H,2-9,12-16,22H2,1H3;1H. The Labute approximate surface area is 170 Å². The zero-order valence-corrected chi connectivity index (χ0v) is 17.4. The van der Waals surface area contributed by atoms with Crippen LogP contribution in [0.15, 0.2) is 18.2 Å². The van der Waals surface area contributed by atoms with Crippen molar-refractivity contribution in [3.05, 3.63) is 23.8 Å². The van der Waals surface area contributed by atoms with E-state index < -0.39 is 0 Å². The van der Waals surface area contributed by atoms with Gasteiger partial charge in [0, 0.05) is 18.3 Å². The monoisotopic (exact) mass is 398 g/mol. The molecule has 0 radical (unpaired) electrons. The Morgan fingerprint density at radius 2 is 1.85 bits per heavy atom. The highest BCUT2D eigenvalue weighted by atomic mass is 35.5. The van der Waals surface area contributed by atoms with E-state index in [4.69, 9.17) is 15.2 Å². The summed E-state index contributed by atoms with van der Waals surface area (Å²) < 4.78 is 11.3. The second-order valence-electron chi connectivity index (χ2n) is 7.06. The van der Waals surface area contributed by atoms with Gasteiger partial charge in [0.25, 0.3) is 0 Å². The van der Waals surface area contributed by atoms with Crippen LogP contribution in [0.25, 0.3) is 0 Å². The molecule has 1 aliphatic rings. The number of nitrogens with zero attached hydrogens (tertiary/aromatic N) is 1. The maximum atomic E-state index is 12.4. The Morgan fingerprint density at radius 3 is 2.59 bits per heavy atom. The highest BCUT2D eigenvalue weighted by Crippen LogP contribution is 2.23. The number of unbranched alkanes of at least 4 members (excludes halogenated alkanes) is 3. The van der Waals surface area contributed by atoms with Gasteiger partial charge in [-0.2, -0.15) is 0 Å². The van der Waals surface area contributed by atoms with E-state index in [1.807, 2.05) is 0 Å². The summed E-state index contributed by atoms with van der Waals surface area (Å²) >= 11 is 0. The molecule has 2 N–H and O–H groups in total. The minimum Gasteiger partial charge on any atom is -0.493 e. The SMILES string of the molecule is CCCCCCOc1cc(N)ccc1C(=O)OCCCN1CCCCC1.Cl. The van der Waals surface area contributed by atoms with Crippen LogP contribution >= 0.6 is 12.4 Å². The number of ether oxygens (including phenoxy) is 2. The Kier molecular flexibility index (Phi) is 11.9.